The van der Waals surface area contributed by atoms with E-state index in [0.717, 1.165) is 21.9 Å². The number of hydrogen-bond donors (Lipinski definition) is 2. The van der Waals surface area contributed by atoms with Crippen molar-refractivity contribution in [1.29, 1.82) is 0 Å². The average Bonchev–Trinajstić information content (AvgIpc) is 2.93. The van der Waals surface area contributed by atoms with E-state index in [9.17, 15) is 0 Å². The molecular weight excluding hydrogens is 252 g/mol. The van der Waals surface area contributed by atoms with Gasteiger partial charge in [0.25, 0.3) is 0 Å². The predicted molar refractivity (Wildman–Crippen MR) is 68.6 cm³/mol. The van der Waals surface area contributed by atoms with E-state index >= 15 is 0 Å². The number of nitrogens with zero attached hydrogens (tertiary/aromatic N) is 2. The van der Waals surface area contributed by atoms with Crippen molar-refractivity contribution in [2.24, 2.45) is 5.84 Å². The number of methoxy groups -OCH3 is 2. The van der Waals surface area contributed by atoms with Crippen molar-refractivity contribution >= 4 is 11.5 Å². The van der Waals surface area contributed by atoms with Crippen molar-refractivity contribution in [1.82, 2.24) is 15.0 Å². The number of rotatable bonds is 5. The molecule has 0 saturated heterocycles. The Balaban J connectivity index is 2.46. The minimum Gasteiger partial charge on any atom is -0.497 e. The van der Waals surface area contributed by atoms with E-state index in [4.69, 9.17) is 15.3 Å². The molecule has 0 aliphatic rings. The predicted octanol–water partition coefficient (Wildman–Crippen LogP) is 1.11. The molecule has 96 valence electrons. The van der Waals surface area contributed by atoms with Crippen LogP contribution in [0.25, 0.3) is 0 Å². The van der Waals surface area contributed by atoms with Gasteiger partial charge in [0.05, 0.1) is 31.3 Å². The summed E-state index contributed by atoms with van der Waals surface area (Å²) in [6.45, 7) is 0. The lowest BCUT2D eigenvalue weighted by atomic mass is 10.0. The quantitative estimate of drug-likeness (QED) is 0.623. The molecule has 7 heteroatoms. The van der Waals surface area contributed by atoms with Crippen molar-refractivity contribution in [2.75, 3.05) is 14.2 Å². The smallest absolute Gasteiger partial charge is 0.124 e. The van der Waals surface area contributed by atoms with Gasteiger partial charge in [0.1, 0.15) is 11.5 Å². The van der Waals surface area contributed by atoms with Gasteiger partial charge < -0.3 is 9.47 Å². The Kier molecular flexibility index (Phi) is 4.08. The van der Waals surface area contributed by atoms with E-state index in [1.165, 1.54) is 11.5 Å². The minimum atomic E-state index is -0.227. The van der Waals surface area contributed by atoms with Crippen LogP contribution in [0.3, 0.4) is 0 Å². The molecule has 2 rings (SSSR count). The Morgan fingerprint density at radius 1 is 1.33 bits per heavy atom. The zero-order valence-corrected chi connectivity index (χ0v) is 10.9. The summed E-state index contributed by atoms with van der Waals surface area (Å²) in [5.41, 5.74) is 3.62. The van der Waals surface area contributed by atoms with Crippen LogP contribution in [0.1, 0.15) is 16.5 Å². The summed E-state index contributed by atoms with van der Waals surface area (Å²) in [6, 6.07) is 5.33. The summed E-state index contributed by atoms with van der Waals surface area (Å²) in [4.78, 5) is 0.907. The van der Waals surface area contributed by atoms with Gasteiger partial charge in [-0.2, -0.15) is 0 Å². The highest BCUT2D eigenvalue weighted by molar-refractivity contribution is 7.05. The van der Waals surface area contributed by atoms with E-state index in [-0.39, 0.29) is 6.04 Å². The molecule has 0 bridgehead atoms. The fourth-order valence-corrected chi connectivity index (χ4v) is 2.28. The number of nitrogens with one attached hydrogen (secondary N) is 1. The average molecular weight is 266 g/mol. The number of aromatic nitrogens is 2. The molecule has 0 aliphatic carbocycles. The number of benzene rings is 1. The molecule has 0 spiro atoms. The highest BCUT2D eigenvalue weighted by Gasteiger charge is 2.19. The van der Waals surface area contributed by atoms with Gasteiger partial charge in [0.2, 0.25) is 0 Å². The first-order valence-electron chi connectivity index (χ1n) is 5.25. The minimum absolute atomic E-state index is 0.227. The van der Waals surface area contributed by atoms with Gasteiger partial charge in [-0.3, -0.25) is 5.84 Å². The van der Waals surface area contributed by atoms with Crippen molar-refractivity contribution in [2.45, 2.75) is 6.04 Å². The van der Waals surface area contributed by atoms with Crippen LogP contribution >= 0.6 is 11.5 Å². The topological polar surface area (TPSA) is 82.3 Å². The summed E-state index contributed by atoms with van der Waals surface area (Å²) in [5, 5.41) is 3.82. The number of hydrogen-bond acceptors (Lipinski definition) is 7. The van der Waals surface area contributed by atoms with Crippen molar-refractivity contribution in [3.8, 4) is 11.5 Å². The molecule has 1 heterocycles. The third-order valence-corrected chi connectivity index (χ3v) is 3.31. The molecule has 0 radical (unpaired) electrons. The summed E-state index contributed by atoms with van der Waals surface area (Å²) < 4.78 is 14.4. The van der Waals surface area contributed by atoms with Gasteiger partial charge in [0, 0.05) is 5.56 Å². The van der Waals surface area contributed by atoms with Gasteiger partial charge in [-0.25, -0.2) is 5.43 Å². The summed E-state index contributed by atoms with van der Waals surface area (Å²) in [5.74, 6) is 7.08. The maximum atomic E-state index is 5.62. The van der Waals surface area contributed by atoms with E-state index in [1.54, 1.807) is 20.4 Å². The number of nitrogens with two attached hydrogens (primary N) is 1. The van der Waals surface area contributed by atoms with Gasteiger partial charge >= 0.3 is 0 Å². The number of ether oxygens (including phenoxy) is 2. The molecule has 3 N–H and O–H groups in total. The van der Waals surface area contributed by atoms with Gasteiger partial charge in [-0.15, -0.1) is 5.10 Å². The molecule has 6 nitrogen and oxygen atoms in total. The van der Waals surface area contributed by atoms with E-state index in [1.807, 2.05) is 18.2 Å². The molecule has 0 fully saturated rings. The lowest BCUT2D eigenvalue weighted by Gasteiger charge is -2.17. The van der Waals surface area contributed by atoms with Crippen molar-refractivity contribution in [3.63, 3.8) is 0 Å². The summed E-state index contributed by atoms with van der Waals surface area (Å²) in [6.07, 6.45) is 1.67. The standard InChI is InChI=1S/C11H14N4O2S/c1-16-7-3-4-9(17-2)8(5-7)11(14-12)10-6-13-15-18-10/h3-6,11,14H,12H2,1-2H3. The lowest BCUT2D eigenvalue weighted by molar-refractivity contribution is 0.394. The molecule has 0 amide bonds. The molecule has 1 atom stereocenters. The Morgan fingerprint density at radius 3 is 2.72 bits per heavy atom. The number of hydrazine groups is 1. The summed E-state index contributed by atoms with van der Waals surface area (Å²) >= 11 is 1.28. The molecule has 18 heavy (non-hydrogen) atoms. The van der Waals surface area contributed by atoms with Crippen LogP contribution in [0.5, 0.6) is 11.5 Å². The second-order valence-corrected chi connectivity index (χ2v) is 4.34. The maximum absolute atomic E-state index is 5.62. The molecule has 1 unspecified atom stereocenters. The first-order valence-corrected chi connectivity index (χ1v) is 6.02. The molecule has 1 aromatic carbocycles. The Labute approximate surface area is 109 Å². The second kappa shape index (κ2) is 5.76. The van der Waals surface area contributed by atoms with Crippen LogP contribution in [0, 0.1) is 0 Å². The van der Waals surface area contributed by atoms with Crippen molar-refractivity contribution in [3.05, 3.63) is 34.8 Å². The van der Waals surface area contributed by atoms with E-state index in [0.29, 0.717) is 0 Å². The Morgan fingerprint density at radius 2 is 2.17 bits per heavy atom. The first-order chi connectivity index (χ1) is 8.80. The maximum Gasteiger partial charge on any atom is 0.124 e. The van der Waals surface area contributed by atoms with E-state index in [2.05, 4.69) is 15.0 Å². The van der Waals surface area contributed by atoms with Crippen LogP contribution in [0.15, 0.2) is 24.4 Å². The largest absolute Gasteiger partial charge is 0.497 e. The Hall–Kier alpha value is -1.70. The zero-order valence-electron chi connectivity index (χ0n) is 10.1. The van der Waals surface area contributed by atoms with Crippen LogP contribution in [0.2, 0.25) is 0 Å². The zero-order chi connectivity index (χ0) is 13.0. The van der Waals surface area contributed by atoms with Gasteiger partial charge in [0.15, 0.2) is 0 Å². The summed E-state index contributed by atoms with van der Waals surface area (Å²) in [7, 11) is 3.23. The van der Waals surface area contributed by atoms with Crippen LogP contribution in [0.4, 0.5) is 0 Å². The third kappa shape index (κ3) is 2.42. The van der Waals surface area contributed by atoms with Crippen LogP contribution < -0.4 is 20.7 Å². The SMILES string of the molecule is COc1ccc(OC)c(C(NN)c2cnns2)c1. The van der Waals surface area contributed by atoms with Gasteiger partial charge in [-0.05, 0) is 29.7 Å². The van der Waals surface area contributed by atoms with E-state index < -0.39 is 0 Å². The second-order valence-electron chi connectivity index (χ2n) is 3.53. The molecule has 0 saturated carbocycles. The highest BCUT2D eigenvalue weighted by Crippen LogP contribution is 2.33. The van der Waals surface area contributed by atoms with Crippen molar-refractivity contribution < 1.29 is 9.47 Å². The normalized spacial score (nSPS) is 12.2. The van der Waals surface area contributed by atoms with Crippen LogP contribution in [-0.2, 0) is 0 Å². The molecule has 0 aliphatic heterocycles. The fourth-order valence-electron chi connectivity index (χ4n) is 1.69. The van der Waals surface area contributed by atoms with Crippen LogP contribution in [-0.4, -0.2) is 23.8 Å². The fraction of sp³-hybridized carbons (Fsp3) is 0.273. The highest BCUT2D eigenvalue weighted by atomic mass is 32.1. The Bertz CT molecular complexity index is 504. The lowest BCUT2D eigenvalue weighted by Crippen LogP contribution is -2.28. The molecule has 2 aromatic rings. The first kappa shape index (κ1) is 12.7. The van der Waals surface area contributed by atoms with Gasteiger partial charge in [-0.1, -0.05) is 4.49 Å². The third-order valence-electron chi connectivity index (χ3n) is 2.58. The monoisotopic (exact) mass is 266 g/mol. The molecular formula is C11H14N4O2S. The molecule has 1 aromatic heterocycles.